The van der Waals surface area contributed by atoms with Crippen molar-refractivity contribution in [3.05, 3.63) is 46.6 Å². The fourth-order valence-electron chi connectivity index (χ4n) is 1.85. The van der Waals surface area contributed by atoms with E-state index in [1.54, 1.807) is 16.7 Å². The van der Waals surface area contributed by atoms with Gasteiger partial charge in [0.25, 0.3) is 0 Å². The number of halogens is 1. The standard InChI is InChI=1S/C12H7ClN2O2S/c13-10-9-7(12(16)17)3-1-5-15(9)11(14-10)8-4-2-6-18-8/h1-6H,(H,16,17). The average molecular weight is 279 g/mol. The van der Waals surface area contributed by atoms with Gasteiger partial charge in [0, 0.05) is 6.20 Å². The van der Waals surface area contributed by atoms with Crippen molar-refractivity contribution in [1.29, 1.82) is 0 Å². The molecule has 4 nitrogen and oxygen atoms in total. The number of aromatic carboxylic acids is 1. The van der Waals surface area contributed by atoms with E-state index in [-0.39, 0.29) is 10.7 Å². The highest BCUT2D eigenvalue weighted by Crippen LogP contribution is 2.30. The summed E-state index contributed by atoms with van der Waals surface area (Å²) in [6, 6.07) is 7.02. The second-order valence-electron chi connectivity index (χ2n) is 3.65. The van der Waals surface area contributed by atoms with Crippen molar-refractivity contribution < 1.29 is 9.90 Å². The van der Waals surface area contributed by atoms with Crippen molar-refractivity contribution in [2.45, 2.75) is 0 Å². The van der Waals surface area contributed by atoms with Gasteiger partial charge in [-0.1, -0.05) is 17.7 Å². The van der Waals surface area contributed by atoms with Crippen LogP contribution < -0.4 is 0 Å². The minimum Gasteiger partial charge on any atom is -0.478 e. The number of carboxylic acid groups (broad SMARTS) is 1. The van der Waals surface area contributed by atoms with Crippen molar-refractivity contribution in [2.24, 2.45) is 0 Å². The van der Waals surface area contributed by atoms with Gasteiger partial charge in [-0.05, 0) is 23.6 Å². The molecule has 0 aliphatic heterocycles. The van der Waals surface area contributed by atoms with Gasteiger partial charge in [-0.2, -0.15) is 0 Å². The summed E-state index contributed by atoms with van der Waals surface area (Å²) in [4.78, 5) is 16.4. The van der Waals surface area contributed by atoms with Crippen LogP contribution in [0, 0.1) is 0 Å². The minimum atomic E-state index is -1.01. The van der Waals surface area contributed by atoms with Gasteiger partial charge in [-0.3, -0.25) is 4.40 Å². The molecule has 0 unspecified atom stereocenters. The van der Waals surface area contributed by atoms with Crippen LogP contribution in [0.15, 0.2) is 35.8 Å². The van der Waals surface area contributed by atoms with Crippen LogP contribution in [0.25, 0.3) is 16.2 Å². The lowest BCUT2D eigenvalue weighted by Gasteiger charge is -2.01. The van der Waals surface area contributed by atoms with Crippen LogP contribution in [0.3, 0.4) is 0 Å². The third-order valence-electron chi connectivity index (χ3n) is 2.59. The molecule has 1 N–H and O–H groups in total. The Hall–Kier alpha value is -1.85. The Labute approximate surface area is 111 Å². The Morgan fingerprint density at radius 2 is 2.22 bits per heavy atom. The number of aromatic nitrogens is 2. The van der Waals surface area contributed by atoms with E-state index in [0.717, 1.165) is 4.88 Å². The van der Waals surface area contributed by atoms with Crippen LogP contribution in [0.2, 0.25) is 5.15 Å². The molecule has 0 aliphatic carbocycles. The fourth-order valence-corrected chi connectivity index (χ4v) is 2.83. The lowest BCUT2D eigenvalue weighted by atomic mass is 10.2. The SMILES string of the molecule is O=C(O)c1cccn2c(-c3cccs3)nc(Cl)c12. The molecule has 0 amide bonds. The zero-order chi connectivity index (χ0) is 12.7. The molecule has 18 heavy (non-hydrogen) atoms. The zero-order valence-corrected chi connectivity index (χ0v) is 10.6. The monoisotopic (exact) mass is 278 g/mol. The number of imidazole rings is 1. The predicted molar refractivity (Wildman–Crippen MR) is 70.5 cm³/mol. The minimum absolute atomic E-state index is 0.151. The Morgan fingerprint density at radius 3 is 2.89 bits per heavy atom. The first-order valence-electron chi connectivity index (χ1n) is 5.12. The number of nitrogens with zero attached hydrogens (tertiary/aromatic N) is 2. The highest BCUT2D eigenvalue weighted by Gasteiger charge is 2.17. The third-order valence-corrected chi connectivity index (χ3v) is 3.72. The van der Waals surface area contributed by atoms with E-state index in [4.69, 9.17) is 16.7 Å². The number of hydrogen-bond donors (Lipinski definition) is 1. The topological polar surface area (TPSA) is 54.6 Å². The zero-order valence-electron chi connectivity index (χ0n) is 9.00. The molecule has 90 valence electrons. The van der Waals surface area contributed by atoms with Gasteiger partial charge in [-0.25, -0.2) is 9.78 Å². The quantitative estimate of drug-likeness (QED) is 0.781. The summed E-state index contributed by atoms with van der Waals surface area (Å²) in [6.45, 7) is 0. The van der Waals surface area contributed by atoms with Crippen molar-refractivity contribution >= 4 is 34.4 Å². The largest absolute Gasteiger partial charge is 0.478 e. The average Bonchev–Trinajstić information content (AvgIpc) is 2.97. The number of hydrogen-bond acceptors (Lipinski definition) is 3. The maximum absolute atomic E-state index is 11.2. The van der Waals surface area contributed by atoms with Gasteiger partial charge in [-0.15, -0.1) is 11.3 Å². The molecule has 3 rings (SSSR count). The normalized spacial score (nSPS) is 10.9. The van der Waals surface area contributed by atoms with E-state index in [1.807, 2.05) is 17.5 Å². The lowest BCUT2D eigenvalue weighted by Crippen LogP contribution is -2.00. The Morgan fingerprint density at radius 1 is 1.39 bits per heavy atom. The molecule has 0 saturated carbocycles. The summed E-state index contributed by atoms with van der Waals surface area (Å²) in [5.41, 5.74) is 0.577. The fraction of sp³-hybridized carbons (Fsp3) is 0. The van der Waals surface area contributed by atoms with Gasteiger partial charge in [0.2, 0.25) is 0 Å². The summed E-state index contributed by atoms with van der Waals surface area (Å²) in [5.74, 6) is -0.353. The van der Waals surface area contributed by atoms with Crippen molar-refractivity contribution in [3.8, 4) is 10.7 Å². The summed E-state index contributed by atoms with van der Waals surface area (Å²) in [5, 5.41) is 11.3. The first kappa shape index (κ1) is 11.3. The van der Waals surface area contributed by atoms with Gasteiger partial charge < -0.3 is 5.11 Å². The molecule has 0 spiro atoms. The molecular formula is C12H7ClN2O2S. The molecule has 0 radical (unpaired) electrons. The Kier molecular flexibility index (Phi) is 2.57. The molecule has 0 aromatic carbocycles. The number of fused-ring (bicyclic) bond motifs is 1. The molecule has 0 atom stereocenters. The van der Waals surface area contributed by atoms with Crippen molar-refractivity contribution in [2.75, 3.05) is 0 Å². The predicted octanol–water partition coefficient (Wildman–Crippen LogP) is 3.41. The molecular weight excluding hydrogens is 272 g/mol. The van der Waals surface area contributed by atoms with Crippen LogP contribution in [-0.2, 0) is 0 Å². The van der Waals surface area contributed by atoms with Gasteiger partial charge >= 0.3 is 5.97 Å². The molecule has 3 aromatic heterocycles. The number of carbonyl (C=O) groups is 1. The smallest absolute Gasteiger partial charge is 0.337 e. The number of carboxylic acids is 1. The Bertz CT molecular complexity index is 734. The van der Waals surface area contributed by atoms with Crippen molar-refractivity contribution in [1.82, 2.24) is 9.38 Å². The number of rotatable bonds is 2. The van der Waals surface area contributed by atoms with Crippen molar-refractivity contribution in [3.63, 3.8) is 0 Å². The van der Waals surface area contributed by atoms with E-state index >= 15 is 0 Å². The highest BCUT2D eigenvalue weighted by atomic mass is 35.5. The van der Waals surface area contributed by atoms with Gasteiger partial charge in [0.15, 0.2) is 11.0 Å². The highest BCUT2D eigenvalue weighted by molar-refractivity contribution is 7.13. The second-order valence-corrected chi connectivity index (χ2v) is 4.95. The summed E-state index contributed by atoms with van der Waals surface area (Å²) >= 11 is 7.58. The van der Waals surface area contributed by atoms with E-state index in [9.17, 15) is 4.79 Å². The van der Waals surface area contributed by atoms with Crippen LogP contribution >= 0.6 is 22.9 Å². The van der Waals surface area contributed by atoms with E-state index in [2.05, 4.69) is 4.98 Å². The van der Waals surface area contributed by atoms with Gasteiger partial charge in [0.1, 0.15) is 0 Å². The number of thiophene rings is 1. The van der Waals surface area contributed by atoms with E-state index in [1.165, 1.54) is 17.4 Å². The second kappa shape index (κ2) is 4.12. The van der Waals surface area contributed by atoms with Crippen LogP contribution in [0.4, 0.5) is 0 Å². The number of pyridine rings is 1. The van der Waals surface area contributed by atoms with Crippen LogP contribution in [-0.4, -0.2) is 20.5 Å². The first-order chi connectivity index (χ1) is 8.68. The maximum atomic E-state index is 11.2. The summed E-state index contributed by atoms with van der Waals surface area (Å²) < 4.78 is 1.71. The maximum Gasteiger partial charge on any atom is 0.337 e. The molecule has 0 aliphatic rings. The van der Waals surface area contributed by atoms with E-state index < -0.39 is 5.97 Å². The molecule has 3 aromatic rings. The van der Waals surface area contributed by atoms with Crippen LogP contribution in [0.5, 0.6) is 0 Å². The molecule has 3 heterocycles. The molecule has 0 bridgehead atoms. The Balaban J connectivity index is 2.38. The van der Waals surface area contributed by atoms with Crippen LogP contribution in [0.1, 0.15) is 10.4 Å². The lowest BCUT2D eigenvalue weighted by molar-refractivity contribution is 0.0698. The van der Waals surface area contributed by atoms with Gasteiger partial charge in [0.05, 0.1) is 16.0 Å². The van der Waals surface area contributed by atoms with E-state index in [0.29, 0.717) is 11.3 Å². The summed E-state index contributed by atoms with van der Waals surface area (Å²) in [7, 11) is 0. The molecule has 6 heteroatoms. The molecule has 0 fully saturated rings. The first-order valence-corrected chi connectivity index (χ1v) is 6.38. The summed E-state index contributed by atoms with van der Waals surface area (Å²) in [6.07, 6.45) is 1.76. The third kappa shape index (κ3) is 1.60. The molecule has 0 saturated heterocycles.